The fourth-order valence-electron chi connectivity index (χ4n) is 8.70. The Balaban J connectivity index is 0.877. The molecule has 1 aromatic heterocycles. The number of halogens is 3. The van der Waals surface area contributed by atoms with Gasteiger partial charge >= 0.3 is 6.18 Å². The van der Waals surface area contributed by atoms with Gasteiger partial charge in [-0.1, -0.05) is 24.0 Å². The van der Waals surface area contributed by atoms with Crippen LogP contribution in [0, 0.1) is 17.8 Å². The van der Waals surface area contributed by atoms with E-state index in [9.17, 15) is 32.4 Å². The van der Waals surface area contributed by atoms with Crippen LogP contribution < -0.4 is 25.4 Å². The molecule has 4 heterocycles. The predicted molar refractivity (Wildman–Crippen MR) is 235 cm³/mol. The minimum Gasteiger partial charge on any atom is -0.404 e. The van der Waals surface area contributed by atoms with Crippen molar-refractivity contribution in [3.05, 3.63) is 59.0 Å². The number of benzene rings is 1. The van der Waals surface area contributed by atoms with Gasteiger partial charge in [0.25, 0.3) is 0 Å². The molecule has 3 aliphatic heterocycles. The molecule has 18 heteroatoms. The van der Waals surface area contributed by atoms with Gasteiger partial charge in [-0.05, 0) is 82.4 Å². The third-order valence-corrected chi connectivity index (χ3v) is 14.5. The third kappa shape index (κ3) is 13.7. The van der Waals surface area contributed by atoms with Gasteiger partial charge in [0.2, 0.25) is 17.8 Å². The summed E-state index contributed by atoms with van der Waals surface area (Å²) < 4.78 is 64.2. The number of hydrogen-bond donors (Lipinski definition) is 7. The smallest absolute Gasteiger partial charge is 0.404 e. The summed E-state index contributed by atoms with van der Waals surface area (Å²) in [5.41, 5.74) is 4.86. The van der Waals surface area contributed by atoms with Crippen molar-refractivity contribution in [2.75, 3.05) is 57.4 Å². The lowest BCUT2D eigenvalue weighted by molar-refractivity contribution is -0.775. The standard InChI is InChI=1S/C44H62F3N9O5S/c1-43(2,59)29-49-26-33(25-48)40-38(44(45,46)47)27-50-42(53-40)51-34-16-22-56(23-17-34)62(3,60)54-35-12-8-31(9-13-35)28-55-20-18-36(19-21-55)61-24-4-5-30-6-10-32(11-7-30)37-14-15-39(57)52-41(37)58/h6-7,10-11,25-27,31,34-37,54,59-60H,8-9,12-24,28-29,48H2,1-3H3,(H,50,51,53)(H,52,57,58)/p+1/b33-25+,49-26?. The van der Waals surface area contributed by atoms with Gasteiger partial charge in [-0.25, -0.2) is 14.7 Å². The van der Waals surface area contributed by atoms with Crippen molar-refractivity contribution in [3.63, 3.8) is 0 Å². The summed E-state index contributed by atoms with van der Waals surface area (Å²) in [6.45, 7) is 7.87. The maximum Gasteiger partial charge on any atom is 0.419 e. The van der Waals surface area contributed by atoms with E-state index in [0.717, 1.165) is 86.0 Å². The first-order chi connectivity index (χ1) is 29.5. The second-order valence-corrected chi connectivity index (χ2v) is 20.3. The summed E-state index contributed by atoms with van der Waals surface area (Å²) in [6, 6.07) is 7.79. The van der Waals surface area contributed by atoms with Crippen LogP contribution in [0.5, 0.6) is 0 Å². The number of imide groups is 1. The van der Waals surface area contributed by atoms with Crippen molar-refractivity contribution >= 4 is 40.2 Å². The Morgan fingerprint density at radius 3 is 2.39 bits per heavy atom. The number of aliphatic imine (C=N–C) groups is 1. The van der Waals surface area contributed by atoms with Crippen LogP contribution >= 0.6 is 10.7 Å². The second kappa shape index (κ2) is 21.1. The first kappa shape index (κ1) is 47.4. The minimum absolute atomic E-state index is 0.0292. The molecule has 6 rings (SSSR count). The number of likely N-dealkylation sites (tertiary alicyclic amines) is 1. The van der Waals surface area contributed by atoms with Gasteiger partial charge in [0.15, 0.2) is 0 Å². The van der Waals surface area contributed by atoms with Crippen molar-refractivity contribution in [2.24, 2.45) is 16.6 Å². The number of carbonyl (C=O) groups is 2. The van der Waals surface area contributed by atoms with E-state index in [1.165, 1.54) is 6.21 Å². The second-order valence-electron chi connectivity index (χ2n) is 17.8. The summed E-state index contributed by atoms with van der Waals surface area (Å²) in [5.74, 6) is 6.20. The van der Waals surface area contributed by atoms with Gasteiger partial charge in [0.1, 0.15) is 12.2 Å². The van der Waals surface area contributed by atoms with Crippen LogP contribution in [0.3, 0.4) is 0 Å². The highest BCUT2D eigenvalue weighted by molar-refractivity contribution is 8.21. The summed E-state index contributed by atoms with van der Waals surface area (Å²) in [6.07, 6.45) is 8.78. The molecule has 3 saturated heterocycles. The van der Waals surface area contributed by atoms with Crippen molar-refractivity contribution in [1.29, 1.82) is 0 Å². The van der Waals surface area contributed by atoms with Crippen molar-refractivity contribution < 1.29 is 41.5 Å². The molecule has 4 fully saturated rings. The number of nitrogens with one attached hydrogen (secondary N) is 4. The Kier molecular flexibility index (Phi) is 16.1. The SMILES string of the molecule is CC(C)(O)CN=C/C(=C\N)c1nc(NC2CC[NH+](S(C)(O)NC3CCC(CN4CCC(OCC#Cc5ccc(C6CCC(=O)NC6=O)cc5)CC4)CC3)CC2)ncc1C(F)(F)F. The van der Waals surface area contributed by atoms with E-state index in [1.807, 2.05) is 30.5 Å². The molecule has 4 aliphatic rings. The average Bonchev–Trinajstić information content (AvgIpc) is 3.22. The van der Waals surface area contributed by atoms with Gasteiger partial charge in [-0.2, -0.15) is 13.2 Å². The Hall–Kier alpha value is -4.09. The van der Waals surface area contributed by atoms with Crippen molar-refractivity contribution in [3.8, 4) is 11.8 Å². The van der Waals surface area contributed by atoms with E-state index in [-0.39, 0.29) is 54.0 Å². The predicted octanol–water partition coefficient (Wildman–Crippen LogP) is 4.03. The number of aromatic nitrogens is 2. The number of nitrogens with two attached hydrogens (primary N) is 1. The van der Waals surface area contributed by atoms with Crippen LogP contribution in [0.25, 0.3) is 5.57 Å². The molecule has 1 aliphatic carbocycles. The normalized spacial score (nSPS) is 26.3. The monoisotopic (exact) mass is 886 g/mol. The number of quaternary nitrogens is 1. The van der Waals surface area contributed by atoms with Crippen molar-refractivity contribution in [1.82, 2.24) is 24.9 Å². The van der Waals surface area contributed by atoms with Crippen LogP contribution in [0.2, 0.25) is 0 Å². The zero-order valence-corrected chi connectivity index (χ0v) is 36.8. The summed E-state index contributed by atoms with van der Waals surface area (Å²) in [5, 5.41) is 15.6. The van der Waals surface area contributed by atoms with Crippen LogP contribution in [0.15, 0.2) is 41.7 Å². The van der Waals surface area contributed by atoms with Crippen LogP contribution in [-0.4, -0.2) is 118 Å². The first-order valence-electron chi connectivity index (χ1n) is 21.7. The molecule has 1 saturated carbocycles. The first-order valence-corrected chi connectivity index (χ1v) is 23.7. The molecule has 1 aromatic carbocycles. The molecule has 2 amide bonds. The number of rotatable bonds is 14. The van der Waals surface area contributed by atoms with Crippen LogP contribution in [0.1, 0.15) is 106 Å². The summed E-state index contributed by atoms with van der Waals surface area (Å²) >= 11 is 0. The van der Waals surface area contributed by atoms with Crippen LogP contribution in [0.4, 0.5) is 19.1 Å². The Labute approximate surface area is 364 Å². The van der Waals surface area contributed by atoms with Crippen LogP contribution in [-0.2, 0) is 20.5 Å². The molecule has 2 aromatic rings. The highest BCUT2D eigenvalue weighted by Crippen LogP contribution is 2.35. The molecule has 0 spiro atoms. The molecule has 14 nitrogen and oxygen atoms in total. The van der Waals surface area contributed by atoms with E-state index < -0.39 is 33.7 Å². The number of ether oxygens (including phenoxy) is 1. The number of piperidine rings is 3. The van der Waals surface area contributed by atoms with E-state index in [1.54, 1.807) is 13.8 Å². The molecular formula is C44H63F3N9O5S+. The quantitative estimate of drug-likeness (QED) is 0.0824. The molecule has 0 bridgehead atoms. The lowest BCUT2D eigenvalue weighted by Crippen LogP contribution is -3.13. The number of allylic oxidation sites excluding steroid dienone is 1. The number of carbonyl (C=O) groups excluding carboxylic acids is 2. The Bertz CT molecular complexity index is 1960. The fraction of sp³-hybridized carbons (Fsp3) is 0.614. The maximum absolute atomic E-state index is 13.9. The minimum atomic E-state index is -4.71. The maximum atomic E-state index is 13.9. The molecule has 8 N–H and O–H groups in total. The number of anilines is 1. The zero-order valence-electron chi connectivity index (χ0n) is 36.0. The molecule has 0 radical (unpaired) electrons. The Morgan fingerprint density at radius 1 is 1.06 bits per heavy atom. The number of amides is 2. The number of hydrogen-bond acceptors (Lipinski definition) is 12. The molecule has 340 valence electrons. The highest BCUT2D eigenvalue weighted by atomic mass is 32.3. The van der Waals surface area contributed by atoms with Gasteiger partial charge in [0, 0.05) is 87.0 Å². The summed E-state index contributed by atoms with van der Waals surface area (Å²) in [4.78, 5) is 38.4. The van der Waals surface area contributed by atoms with Gasteiger partial charge < -0.3 is 25.8 Å². The van der Waals surface area contributed by atoms with Gasteiger partial charge in [-0.3, -0.25) is 28.8 Å². The third-order valence-electron chi connectivity index (χ3n) is 12.2. The van der Waals surface area contributed by atoms with E-state index in [2.05, 4.69) is 47.1 Å². The topological polar surface area (TPSA) is 192 Å². The Morgan fingerprint density at radius 2 is 1.76 bits per heavy atom. The number of aliphatic hydroxyl groups is 1. The molecule has 2 atom stereocenters. The van der Waals surface area contributed by atoms with E-state index >= 15 is 0 Å². The van der Waals surface area contributed by atoms with E-state index in [0.29, 0.717) is 51.3 Å². The lowest BCUT2D eigenvalue weighted by atomic mass is 9.86. The molecular weight excluding hydrogens is 824 g/mol. The van der Waals surface area contributed by atoms with Gasteiger partial charge in [-0.15, -0.1) is 0 Å². The largest absolute Gasteiger partial charge is 0.419 e. The lowest BCUT2D eigenvalue weighted by Gasteiger charge is -2.44. The van der Waals surface area contributed by atoms with Gasteiger partial charge in [0.05, 0.1) is 53.6 Å². The molecule has 62 heavy (non-hydrogen) atoms. The molecule has 2 unspecified atom stereocenters. The highest BCUT2D eigenvalue weighted by Gasteiger charge is 2.38. The van der Waals surface area contributed by atoms with E-state index in [4.69, 9.17) is 10.5 Å². The zero-order chi connectivity index (χ0) is 44.5. The number of alkyl halides is 3. The fourth-order valence-corrected chi connectivity index (χ4v) is 10.8. The average molecular weight is 887 g/mol. The summed E-state index contributed by atoms with van der Waals surface area (Å²) in [7, 11) is -2.16. The van der Waals surface area contributed by atoms with Crippen molar-refractivity contribution in [2.45, 2.75) is 114 Å². The number of nitrogens with zero attached hydrogens (tertiary/aromatic N) is 4.